The molecule has 0 radical (unpaired) electrons. The number of unbranched alkanes of at least 4 members (excludes halogenated alkanes) is 1. The van der Waals surface area contributed by atoms with Crippen LogP contribution in [-0.2, 0) is 6.54 Å². The average Bonchev–Trinajstić information content (AvgIpc) is 2.55. The monoisotopic (exact) mass is 297 g/mol. The van der Waals surface area contributed by atoms with Gasteiger partial charge in [-0.25, -0.2) is 0 Å². The van der Waals surface area contributed by atoms with E-state index in [0.717, 1.165) is 30.8 Å². The van der Waals surface area contributed by atoms with Crippen molar-refractivity contribution in [3.8, 4) is 5.75 Å². The third kappa shape index (κ3) is 4.92. The van der Waals surface area contributed by atoms with Gasteiger partial charge in [0.1, 0.15) is 5.75 Å². The van der Waals surface area contributed by atoms with E-state index in [1.54, 1.807) is 12.1 Å². The first kappa shape index (κ1) is 16.1. The SMILES string of the molecule is CCCCOc1ccc(C(=O)NCc2ccc(C)cc2)cc1. The van der Waals surface area contributed by atoms with Gasteiger partial charge in [-0.1, -0.05) is 43.2 Å². The number of carbonyl (C=O) groups is 1. The highest BCUT2D eigenvalue weighted by atomic mass is 16.5. The molecular weight excluding hydrogens is 274 g/mol. The van der Waals surface area contributed by atoms with Crippen molar-refractivity contribution in [3.63, 3.8) is 0 Å². The lowest BCUT2D eigenvalue weighted by atomic mass is 10.1. The van der Waals surface area contributed by atoms with Gasteiger partial charge >= 0.3 is 0 Å². The van der Waals surface area contributed by atoms with Crippen molar-refractivity contribution in [3.05, 3.63) is 65.2 Å². The molecule has 3 nitrogen and oxygen atoms in total. The second-order valence-corrected chi connectivity index (χ2v) is 5.39. The van der Waals surface area contributed by atoms with Gasteiger partial charge in [0.15, 0.2) is 0 Å². The van der Waals surface area contributed by atoms with Gasteiger partial charge in [-0.05, 0) is 43.2 Å². The zero-order chi connectivity index (χ0) is 15.8. The van der Waals surface area contributed by atoms with Gasteiger partial charge in [-0.3, -0.25) is 4.79 Å². The van der Waals surface area contributed by atoms with E-state index in [1.165, 1.54) is 5.56 Å². The fraction of sp³-hybridized carbons (Fsp3) is 0.316. The first-order valence-electron chi connectivity index (χ1n) is 7.75. The summed E-state index contributed by atoms with van der Waals surface area (Å²) in [6.45, 7) is 5.43. The summed E-state index contributed by atoms with van der Waals surface area (Å²) in [5.74, 6) is 0.740. The van der Waals surface area contributed by atoms with Crippen LogP contribution in [0.4, 0.5) is 0 Å². The summed E-state index contributed by atoms with van der Waals surface area (Å²) in [6.07, 6.45) is 2.15. The Labute approximate surface area is 132 Å². The van der Waals surface area contributed by atoms with E-state index in [4.69, 9.17) is 4.74 Å². The Bertz CT molecular complexity index is 588. The number of amides is 1. The van der Waals surface area contributed by atoms with E-state index >= 15 is 0 Å². The van der Waals surface area contributed by atoms with Crippen LogP contribution in [0.5, 0.6) is 5.75 Å². The highest BCUT2D eigenvalue weighted by molar-refractivity contribution is 5.94. The Kier molecular flexibility index (Phi) is 6.01. The van der Waals surface area contributed by atoms with Gasteiger partial charge < -0.3 is 10.1 Å². The molecule has 0 aliphatic rings. The molecule has 3 heteroatoms. The van der Waals surface area contributed by atoms with E-state index in [9.17, 15) is 4.79 Å². The zero-order valence-corrected chi connectivity index (χ0v) is 13.3. The molecule has 0 spiro atoms. The highest BCUT2D eigenvalue weighted by Gasteiger charge is 2.05. The van der Waals surface area contributed by atoms with Crippen LogP contribution in [0.1, 0.15) is 41.3 Å². The normalized spacial score (nSPS) is 10.3. The number of benzene rings is 2. The van der Waals surface area contributed by atoms with Crippen LogP contribution in [0, 0.1) is 6.92 Å². The lowest BCUT2D eigenvalue weighted by Crippen LogP contribution is -2.22. The van der Waals surface area contributed by atoms with Gasteiger partial charge in [-0.15, -0.1) is 0 Å². The van der Waals surface area contributed by atoms with Crippen LogP contribution in [-0.4, -0.2) is 12.5 Å². The van der Waals surface area contributed by atoms with E-state index in [2.05, 4.69) is 12.2 Å². The minimum atomic E-state index is -0.0688. The van der Waals surface area contributed by atoms with Crippen molar-refractivity contribution in [2.24, 2.45) is 0 Å². The summed E-state index contributed by atoms with van der Waals surface area (Å²) in [4.78, 5) is 12.1. The maximum Gasteiger partial charge on any atom is 0.251 e. The molecule has 22 heavy (non-hydrogen) atoms. The number of rotatable bonds is 7. The predicted molar refractivity (Wildman–Crippen MR) is 89.2 cm³/mol. The first-order chi connectivity index (χ1) is 10.7. The van der Waals surface area contributed by atoms with E-state index in [1.807, 2.05) is 43.3 Å². The van der Waals surface area contributed by atoms with Crippen LogP contribution >= 0.6 is 0 Å². The van der Waals surface area contributed by atoms with Crippen molar-refractivity contribution >= 4 is 5.91 Å². The number of aryl methyl sites for hydroxylation is 1. The van der Waals surface area contributed by atoms with Crippen molar-refractivity contribution < 1.29 is 9.53 Å². The van der Waals surface area contributed by atoms with E-state index < -0.39 is 0 Å². The van der Waals surface area contributed by atoms with Crippen molar-refractivity contribution in [2.75, 3.05) is 6.61 Å². The van der Waals surface area contributed by atoms with Crippen molar-refractivity contribution in [1.82, 2.24) is 5.32 Å². The smallest absolute Gasteiger partial charge is 0.251 e. The molecule has 2 aromatic rings. The Morgan fingerprint density at radius 2 is 1.73 bits per heavy atom. The third-order valence-corrected chi connectivity index (χ3v) is 3.46. The summed E-state index contributed by atoms with van der Waals surface area (Å²) in [5, 5.41) is 2.93. The number of ether oxygens (including phenoxy) is 1. The molecule has 1 amide bonds. The molecular formula is C19H23NO2. The second kappa shape index (κ2) is 8.23. The van der Waals surface area contributed by atoms with Gasteiger partial charge in [-0.2, -0.15) is 0 Å². The topological polar surface area (TPSA) is 38.3 Å². The maximum atomic E-state index is 12.1. The van der Waals surface area contributed by atoms with Crippen molar-refractivity contribution in [1.29, 1.82) is 0 Å². The summed E-state index contributed by atoms with van der Waals surface area (Å²) in [7, 11) is 0. The fourth-order valence-corrected chi connectivity index (χ4v) is 2.03. The molecule has 0 fully saturated rings. The van der Waals surface area contributed by atoms with Crippen LogP contribution in [0.3, 0.4) is 0 Å². The Balaban J connectivity index is 1.85. The number of carbonyl (C=O) groups excluding carboxylic acids is 1. The van der Waals surface area contributed by atoms with Crippen molar-refractivity contribution in [2.45, 2.75) is 33.2 Å². The summed E-state index contributed by atoms with van der Waals surface area (Å²) >= 11 is 0. The van der Waals surface area contributed by atoms with Crippen LogP contribution in [0.2, 0.25) is 0 Å². The molecule has 0 atom stereocenters. The highest BCUT2D eigenvalue weighted by Crippen LogP contribution is 2.13. The van der Waals surface area contributed by atoms with Crippen LogP contribution in [0.15, 0.2) is 48.5 Å². The molecule has 2 rings (SSSR count). The quantitative estimate of drug-likeness (QED) is 0.781. The molecule has 0 saturated carbocycles. The Hall–Kier alpha value is -2.29. The molecule has 0 bridgehead atoms. The minimum Gasteiger partial charge on any atom is -0.494 e. The maximum absolute atomic E-state index is 12.1. The van der Waals surface area contributed by atoms with Crippen LogP contribution < -0.4 is 10.1 Å². The number of hydrogen-bond acceptors (Lipinski definition) is 2. The third-order valence-electron chi connectivity index (χ3n) is 3.46. The van der Waals surface area contributed by atoms with Gasteiger partial charge in [0.2, 0.25) is 0 Å². The second-order valence-electron chi connectivity index (χ2n) is 5.39. The molecule has 0 unspecified atom stereocenters. The van der Waals surface area contributed by atoms with Gasteiger partial charge in [0.05, 0.1) is 6.61 Å². The molecule has 0 aromatic heterocycles. The zero-order valence-electron chi connectivity index (χ0n) is 13.3. The average molecular weight is 297 g/mol. The lowest BCUT2D eigenvalue weighted by molar-refractivity contribution is 0.0951. The summed E-state index contributed by atoms with van der Waals surface area (Å²) in [6, 6.07) is 15.4. The van der Waals surface area contributed by atoms with Gasteiger partial charge in [0, 0.05) is 12.1 Å². The molecule has 0 aliphatic heterocycles. The molecule has 116 valence electrons. The Morgan fingerprint density at radius 1 is 1.05 bits per heavy atom. The molecule has 0 aliphatic carbocycles. The lowest BCUT2D eigenvalue weighted by Gasteiger charge is -2.08. The summed E-state index contributed by atoms with van der Waals surface area (Å²) < 4.78 is 5.59. The standard InChI is InChI=1S/C19H23NO2/c1-3-4-13-22-18-11-9-17(10-12-18)19(21)20-14-16-7-5-15(2)6-8-16/h5-12H,3-4,13-14H2,1-2H3,(H,20,21). The first-order valence-corrected chi connectivity index (χ1v) is 7.75. The Morgan fingerprint density at radius 3 is 2.36 bits per heavy atom. The van der Waals surface area contributed by atoms with E-state index in [-0.39, 0.29) is 5.91 Å². The fourth-order valence-electron chi connectivity index (χ4n) is 2.03. The molecule has 0 saturated heterocycles. The van der Waals surface area contributed by atoms with Crippen LogP contribution in [0.25, 0.3) is 0 Å². The van der Waals surface area contributed by atoms with E-state index in [0.29, 0.717) is 12.1 Å². The molecule has 2 aromatic carbocycles. The summed E-state index contributed by atoms with van der Waals surface area (Å²) in [5.41, 5.74) is 2.96. The largest absolute Gasteiger partial charge is 0.494 e. The number of hydrogen-bond donors (Lipinski definition) is 1. The predicted octanol–water partition coefficient (Wildman–Crippen LogP) is 4.10. The molecule has 0 heterocycles. The number of nitrogens with one attached hydrogen (secondary N) is 1. The van der Waals surface area contributed by atoms with Gasteiger partial charge in [0.25, 0.3) is 5.91 Å². The minimum absolute atomic E-state index is 0.0688. The molecule has 1 N–H and O–H groups in total.